The summed E-state index contributed by atoms with van der Waals surface area (Å²) in [5.74, 6) is -1.14. The second-order valence-corrected chi connectivity index (χ2v) is 10.9. The van der Waals surface area contributed by atoms with Gasteiger partial charge in [0.05, 0.1) is 32.7 Å². The molecule has 2 aromatic heterocycles. The number of hydrogen-bond donors (Lipinski definition) is 2. The van der Waals surface area contributed by atoms with Crippen LogP contribution in [-0.4, -0.2) is 60.9 Å². The van der Waals surface area contributed by atoms with Crippen molar-refractivity contribution in [3.8, 4) is 6.07 Å². The molecule has 0 atom stereocenters. The Bertz CT molecular complexity index is 1420. The Kier molecular flexibility index (Phi) is 6.83. The molecule has 1 aromatic carbocycles. The molecule has 1 fully saturated rings. The first-order valence-electron chi connectivity index (χ1n) is 10.6. The first-order chi connectivity index (χ1) is 16.7. The second kappa shape index (κ2) is 9.83. The van der Waals surface area contributed by atoms with E-state index in [1.54, 1.807) is 13.1 Å². The van der Waals surface area contributed by atoms with Gasteiger partial charge in [0, 0.05) is 37.3 Å². The number of benzene rings is 1. The lowest BCUT2D eigenvalue weighted by atomic mass is 10.1. The third-order valence-corrected chi connectivity index (χ3v) is 8.76. The lowest BCUT2D eigenvalue weighted by molar-refractivity contribution is 0.0698. The van der Waals surface area contributed by atoms with Crippen molar-refractivity contribution >= 4 is 44.7 Å². The van der Waals surface area contributed by atoms with Gasteiger partial charge in [0.2, 0.25) is 10.0 Å². The standard InChI is InChI=1S/C23H21N5O5S2/c1-15-20(35(32,33)28-10-8-27(9-11-28)21-4-2-3-7-25-21)13-19(34-15)22(29)26-18-6-5-16(14-24)12-17(18)23(30)31/h2-7,12-13H,8-11H2,1H3,(H,26,29)(H,30,31). The van der Waals surface area contributed by atoms with E-state index in [1.165, 1.54) is 22.5 Å². The van der Waals surface area contributed by atoms with Gasteiger partial charge in [-0.05, 0) is 43.3 Å². The number of hydrogen-bond acceptors (Lipinski definition) is 8. The van der Waals surface area contributed by atoms with Crippen LogP contribution in [0, 0.1) is 18.3 Å². The van der Waals surface area contributed by atoms with Crippen molar-refractivity contribution in [2.45, 2.75) is 11.8 Å². The molecule has 3 aromatic rings. The Balaban J connectivity index is 1.51. The molecule has 0 saturated carbocycles. The normalized spacial score (nSPS) is 14.3. The van der Waals surface area contributed by atoms with Crippen LogP contribution in [0.4, 0.5) is 11.5 Å². The zero-order valence-corrected chi connectivity index (χ0v) is 20.3. The zero-order chi connectivity index (χ0) is 25.2. The van der Waals surface area contributed by atoms with Gasteiger partial charge in [-0.3, -0.25) is 4.79 Å². The SMILES string of the molecule is Cc1sc(C(=O)Nc2ccc(C#N)cc2C(=O)O)cc1S(=O)(=O)N1CCN(c2ccccn2)CC1. The molecule has 180 valence electrons. The summed E-state index contributed by atoms with van der Waals surface area (Å²) in [6.45, 7) is 3.17. The number of aromatic nitrogens is 1. The highest BCUT2D eigenvalue weighted by atomic mass is 32.2. The number of pyridine rings is 1. The summed E-state index contributed by atoms with van der Waals surface area (Å²) in [6.07, 6.45) is 1.69. The molecule has 0 radical (unpaired) electrons. The molecule has 1 aliphatic rings. The number of aromatic carboxylic acids is 1. The average Bonchev–Trinajstić information content (AvgIpc) is 3.27. The molecule has 1 amide bonds. The summed E-state index contributed by atoms with van der Waals surface area (Å²) >= 11 is 1.01. The van der Waals surface area contributed by atoms with Crippen LogP contribution in [0.3, 0.4) is 0 Å². The fourth-order valence-electron chi connectivity index (χ4n) is 3.75. The molecule has 1 saturated heterocycles. The third-order valence-electron chi connectivity index (χ3n) is 5.55. The van der Waals surface area contributed by atoms with Crippen molar-refractivity contribution in [2.24, 2.45) is 0 Å². The van der Waals surface area contributed by atoms with Crippen molar-refractivity contribution in [3.63, 3.8) is 0 Å². The number of nitrogens with one attached hydrogen (secondary N) is 1. The molecule has 12 heteroatoms. The second-order valence-electron chi connectivity index (χ2n) is 7.74. The number of aryl methyl sites for hydroxylation is 1. The van der Waals surface area contributed by atoms with Gasteiger partial charge in [-0.15, -0.1) is 11.3 Å². The monoisotopic (exact) mass is 511 g/mol. The Morgan fingerprint density at radius 3 is 2.51 bits per heavy atom. The maximum atomic E-state index is 13.3. The number of piperazine rings is 1. The van der Waals surface area contributed by atoms with E-state index in [0.29, 0.717) is 18.0 Å². The van der Waals surface area contributed by atoms with Crippen LogP contribution >= 0.6 is 11.3 Å². The van der Waals surface area contributed by atoms with Gasteiger partial charge < -0.3 is 15.3 Å². The summed E-state index contributed by atoms with van der Waals surface area (Å²) in [4.78, 5) is 31.3. The first kappa shape index (κ1) is 24.3. The van der Waals surface area contributed by atoms with Crippen LogP contribution in [0.25, 0.3) is 0 Å². The molecular weight excluding hydrogens is 490 g/mol. The number of anilines is 2. The maximum absolute atomic E-state index is 13.3. The van der Waals surface area contributed by atoms with Crippen LogP contribution in [0.1, 0.15) is 30.5 Å². The van der Waals surface area contributed by atoms with Crippen LogP contribution in [0.2, 0.25) is 0 Å². The van der Waals surface area contributed by atoms with E-state index in [-0.39, 0.29) is 39.7 Å². The van der Waals surface area contributed by atoms with E-state index >= 15 is 0 Å². The lowest BCUT2D eigenvalue weighted by Crippen LogP contribution is -2.48. The number of rotatable bonds is 6. The first-order valence-corrected chi connectivity index (χ1v) is 12.8. The lowest BCUT2D eigenvalue weighted by Gasteiger charge is -2.34. The third kappa shape index (κ3) is 5.02. The number of carboxylic acids is 1. The Labute approximate surface area is 206 Å². The smallest absolute Gasteiger partial charge is 0.337 e. The van der Waals surface area contributed by atoms with Gasteiger partial charge in [-0.25, -0.2) is 18.2 Å². The maximum Gasteiger partial charge on any atom is 0.337 e. The van der Waals surface area contributed by atoms with E-state index in [1.807, 2.05) is 29.2 Å². The van der Waals surface area contributed by atoms with Crippen LogP contribution in [-0.2, 0) is 10.0 Å². The van der Waals surface area contributed by atoms with Crippen LogP contribution < -0.4 is 10.2 Å². The largest absolute Gasteiger partial charge is 0.478 e. The predicted molar refractivity (Wildman–Crippen MR) is 130 cm³/mol. The van der Waals surface area contributed by atoms with Gasteiger partial charge in [-0.2, -0.15) is 9.57 Å². The minimum atomic E-state index is -3.83. The Morgan fingerprint density at radius 2 is 1.89 bits per heavy atom. The van der Waals surface area contributed by atoms with Crippen LogP contribution in [0.5, 0.6) is 0 Å². The van der Waals surface area contributed by atoms with Crippen LogP contribution in [0.15, 0.2) is 53.6 Å². The molecule has 2 N–H and O–H groups in total. The number of nitrogens with zero attached hydrogens (tertiary/aromatic N) is 4. The fraction of sp³-hybridized carbons (Fsp3) is 0.217. The van der Waals surface area contributed by atoms with Crippen molar-refractivity contribution in [2.75, 3.05) is 36.4 Å². The number of sulfonamides is 1. The molecule has 35 heavy (non-hydrogen) atoms. The highest BCUT2D eigenvalue weighted by Gasteiger charge is 2.32. The van der Waals surface area contributed by atoms with E-state index < -0.39 is 21.9 Å². The minimum Gasteiger partial charge on any atom is -0.478 e. The molecule has 0 spiro atoms. The number of thiophene rings is 1. The summed E-state index contributed by atoms with van der Waals surface area (Å²) in [5, 5.41) is 20.9. The highest BCUT2D eigenvalue weighted by Crippen LogP contribution is 2.30. The van der Waals surface area contributed by atoms with Crippen molar-refractivity contribution in [1.82, 2.24) is 9.29 Å². The molecule has 0 bridgehead atoms. The van der Waals surface area contributed by atoms with E-state index in [4.69, 9.17) is 5.26 Å². The Morgan fingerprint density at radius 1 is 1.14 bits per heavy atom. The average molecular weight is 512 g/mol. The van der Waals surface area contributed by atoms with Crippen molar-refractivity contribution in [1.29, 1.82) is 5.26 Å². The van der Waals surface area contributed by atoms with Gasteiger partial charge in [0.15, 0.2) is 0 Å². The number of carbonyl (C=O) groups is 2. The zero-order valence-electron chi connectivity index (χ0n) is 18.6. The van der Waals surface area contributed by atoms with Crippen molar-refractivity contribution < 1.29 is 23.1 Å². The van der Waals surface area contributed by atoms with Gasteiger partial charge in [0.25, 0.3) is 5.91 Å². The Hall–Kier alpha value is -3.79. The summed E-state index contributed by atoms with van der Waals surface area (Å²) in [5.41, 5.74) is -0.0733. The summed E-state index contributed by atoms with van der Waals surface area (Å²) < 4.78 is 28.0. The topological polar surface area (TPSA) is 144 Å². The summed E-state index contributed by atoms with van der Waals surface area (Å²) in [6, 6.07) is 12.6. The van der Waals surface area contributed by atoms with Gasteiger partial charge in [0.1, 0.15) is 5.82 Å². The molecular formula is C23H21N5O5S2. The minimum absolute atomic E-state index is 0.0163. The van der Waals surface area contributed by atoms with E-state index in [9.17, 15) is 23.1 Å². The molecule has 3 heterocycles. The van der Waals surface area contributed by atoms with Gasteiger partial charge in [-0.1, -0.05) is 6.07 Å². The number of nitriles is 1. The molecule has 0 aliphatic carbocycles. The number of carboxylic acid groups (broad SMARTS) is 1. The predicted octanol–water partition coefficient (Wildman–Crippen LogP) is 2.78. The molecule has 0 unspecified atom stereocenters. The van der Waals surface area contributed by atoms with Crippen molar-refractivity contribution in [3.05, 3.63) is 69.5 Å². The van der Waals surface area contributed by atoms with E-state index in [0.717, 1.165) is 23.2 Å². The number of amides is 1. The molecule has 1 aliphatic heterocycles. The van der Waals surface area contributed by atoms with Gasteiger partial charge >= 0.3 is 5.97 Å². The highest BCUT2D eigenvalue weighted by molar-refractivity contribution is 7.89. The van der Waals surface area contributed by atoms with E-state index in [2.05, 4.69) is 10.3 Å². The fourth-order valence-corrected chi connectivity index (χ4v) is 6.63. The summed E-state index contributed by atoms with van der Waals surface area (Å²) in [7, 11) is -3.83. The number of carbonyl (C=O) groups excluding carboxylic acids is 1. The molecule has 4 rings (SSSR count). The quantitative estimate of drug-likeness (QED) is 0.514. The molecule has 10 nitrogen and oxygen atoms in total.